The maximum Gasteiger partial charge on any atom is 0.335 e. The number of rotatable bonds is 5. The smallest absolute Gasteiger partial charge is 0.335 e. The minimum absolute atomic E-state index is 0.196. The summed E-state index contributed by atoms with van der Waals surface area (Å²) in [6.07, 6.45) is 5.01. The van der Waals surface area contributed by atoms with Gasteiger partial charge in [0.1, 0.15) is 0 Å². The van der Waals surface area contributed by atoms with Crippen LogP contribution in [0.2, 0.25) is 0 Å². The Balaban J connectivity index is 1.93. The highest BCUT2D eigenvalue weighted by molar-refractivity contribution is 8.18. The predicted molar refractivity (Wildman–Crippen MR) is 100 cm³/mol. The molecule has 1 N–H and O–H groups in total. The number of carbonyl (C=O) groups excluding carboxylic acids is 2. The van der Waals surface area contributed by atoms with E-state index in [2.05, 4.69) is 6.58 Å². The van der Waals surface area contributed by atoms with Crippen molar-refractivity contribution in [3.8, 4) is 5.69 Å². The van der Waals surface area contributed by atoms with E-state index in [0.717, 1.165) is 17.4 Å². The number of thioether (sulfide) groups is 1. The van der Waals surface area contributed by atoms with Crippen LogP contribution in [0.25, 0.3) is 11.8 Å². The van der Waals surface area contributed by atoms with Gasteiger partial charge in [0.25, 0.3) is 11.1 Å². The first kappa shape index (κ1) is 17.8. The highest BCUT2D eigenvalue weighted by atomic mass is 32.2. The molecular formula is C19H16N2O4S. The van der Waals surface area contributed by atoms with Crippen LogP contribution in [0.5, 0.6) is 0 Å². The summed E-state index contributed by atoms with van der Waals surface area (Å²) < 4.78 is 1.82. The van der Waals surface area contributed by atoms with Crippen molar-refractivity contribution in [1.29, 1.82) is 0 Å². The predicted octanol–water partition coefficient (Wildman–Crippen LogP) is 3.79. The molecule has 1 atom stereocenters. The minimum Gasteiger partial charge on any atom is -0.478 e. The molecule has 7 heteroatoms. The third-order valence-electron chi connectivity index (χ3n) is 4.02. The number of carbonyl (C=O) groups is 3. The standard InChI is InChI=1S/C19H16N2O4S/c1-3-12(2)21-17(22)16(26-19(21)25)11-15-5-4-10-20(15)14-8-6-13(7-9-14)18(23)24/h3-12H,1H2,2H3,(H,23,24)/b16-11-/t12-/m1/s1. The zero-order chi connectivity index (χ0) is 18.8. The first-order chi connectivity index (χ1) is 12.4. The summed E-state index contributed by atoms with van der Waals surface area (Å²) in [6.45, 7) is 5.36. The number of hydrogen-bond acceptors (Lipinski definition) is 4. The second-order valence-electron chi connectivity index (χ2n) is 5.68. The maximum absolute atomic E-state index is 12.5. The van der Waals surface area contributed by atoms with Crippen molar-refractivity contribution >= 4 is 35.0 Å². The van der Waals surface area contributed by atoms with Crippen LogP contribution in [-0.4, -0.2) is 37.7 Å². The number of benzene rings is 1. The van der Waals surface area contributed by atoms with E-state index in [1.165, 1.54) is 17.0 Å². The molecule has 0 aliphatic carbocycles. The molecule has 1 saturated heterocycles. The van der Waals surface area contributed by atoms with Gasteiger partial charge in [0.2, 0.25) is 0 Å². The average Bonchev–Trinajstić information content (AvgIpc) is 3.19. The van der Waals surface area contributed by atoms with Gasteiger partial charge in [0.05, 0.1) is 16.5 Å². The van der Waals surface area contributed by atoms with Gasteiger partial charge in [-0.05, 0) is 61.2 Å². The third-order valence-corrected chi connectivity index (χ3v) is 4.91. The average molecular weight is 368 g/mol. The largest absolute Gasteiger partial charge is 0.478 e. The molecule has 0 radical (unpaired) electrons. The Bertz CT molecular complexity index is 927. The van der Waals surface area contributed by atoms with Gasteiger partial charge in [-0.1, -0.05) is 6.08 Å². The van der Waals surface area contributed by atoms with Crippen molar-refractivity contribution in [2.45, 2.75) is 13.0 Å². The Morgan fingerprint density at radius 1 is 1.23 bits per heavy atom. The molecule has 1 fully saturated rings. The van der Waals surface area contributed by atoms with Crippen LogP contribution in [0.1, 0.15) is 23.0 Å². The first-order valence-electron chi connectivity index (χ1n) is 7.83. The number of imide groups is 1. The zero-order valence-electron chi connectivity index (χ0n) is 14.0. The number of carboxylic acids is 1. The molecule has 0 spiro atoms. The molecule has 3 rings (SSSR count). The number of aromatic carboxylic acids is 1. The monoisotopic (exact) mass is 368 g/mol. The molecule has 26 heavy (non-hydrogen) atoms. The zero-order valence-corrected chi connectivity index (χ0v) is 14.8. The van der Waals surface area contributed by atoms with Crippen LogP contribution < -0.4 is 0 Å². The van der Waals surface area contributed by atoms with Gasteiger partial charge < -0.3 is 9.67 Å². The Morgan fingerprint density at radius 3 is 2.54 bits per heavy atom. The van der Waals surface area contributed by atoms with Crippen molar-refractivity contribution in [3.05, 3.63) is 71.4 Å². The molecule has 1 aromatic heterocycles. The molecule has 0 saturated carbocycles. The quantitative estimate of drug-likeness (QED) is 0.642. The molecule has 2 heterocycles. The molecular weight excluding hydrogens is 352 g/mol. The van der Waals surface area contributed by atoms with Crippen molar-refractivity contribution in [3.63, 3.8) is 0 Å². The van der Waals surface area contributed by atoms with Gasteiger partial charge >= 0.3 is 5.97 Å². The lowest BCUT2D eigenvalue weighted by Gasteiger charge is -2.17. The van der Waals surface area contributed by atoms with Crippen molar-refractivity contribution in [2.75, 3.05) is 0 Å². The molecule has 2 aromatic rings. The van der Waals surface area contributed by atoms with Gasteiger partial charge in [0, 0.05) is 17.6 Å². The molecule has 2 amide bonds. The molecule has 1 aliphatic rings. The van der Waals surface area contributed by atoms with E-state index in [9.17, 15) is 14.4 Å². The van der Waals surface area contributed by atoms with Crippen LogP contribution >= 0.6 is 11.8 Å². The second kappa shape index (κ2) is 7.05. The number of carboxylic acid groups (broad SMARTS) is 1. The SMILES string of the molecule is C=C[C@@H](C)N1C(=O)S/C(=C\c2cccn2-c2ccc(C(=O)O)cc2)C1=O. The summed E-state index contributed by atoms with van der Waals surface area (Å²) in [5, 5.41) is 8.67. The minimum atomic E-state index is -0.991. The molecule has 0 bridgehead atoms. The number of hydrogen-bond donors (Lipinski definition) is 1. The van der Waals surface area contributed by atoms with Crippen LogP contribution in [0.3, 0.4) is 0 Å². The van der Waals surface area contributed by atoms with Crippen molar-refractivity contribution in [1.82, 2.24) is 9.47 Å². The van der Waals surface area contributed by atoms with Gasteiger partial charge in [-0.25, -0.2) is 4.79 Å². The Kier molecular flexibility index (Phi) is 4.81. The van der Waals surface area contributed by atoms with Crippen LogP contribution in [0, 0.1) is 0 Å². The van der Waals surface area contributed by atoms with E-state index in [4.69, 9.17) is 5.11 Å². The Hall–Kier alpha value is -3.06. The highest BCUT2D eigenvalue weighted by Crippen LogP contribution is 2.34. The fourth-order valence-corrected chi connectivity index (χ4v) is 3.48. The first-order valence-corrected chi connectivity index (χ1v) is 8.64. The van der Waals surface area contributed by atoms with E-state index in [-0.39, 0.29) is 22.8 Å². The molecule has 1 aliphatic heterocycles. The Morgan fingerprint density at radius 2 is 1.92 bits per heavy atom. The van der Waals surface area contributed by atoms with E-state index in [1.807, 2.05) is 16.7 Å². The normalized spacial score (nSPS) is 17.0. The Labute approximate surface area is 154 Å². The highest BCUT2D eigenvalue weighted by Gasteiger charge is 2.37. The number of nitrogens with zero attached hydrogens (tertiary/aromatic N) is 2. The molecule has 132 valence electrons. The van der Waals surface area contributed by atoms with E-state index < -0.39 is 5.97 Å². The summed E-state index contributed by atoms with van der Waals surface area (Å²) in [5.74, 6) is -1.34. The topological polar surface area (TPSA) is 79.6 Å². The molecule has 0 unspecified atom stereocenters. The van der Waals surface area contributed by atoms with Crippen molar-refractivity contribution in [2.24, 2.45) is 0 Å². The second-order valence-corrected chi connectivity index (χ2v) is 6.68. The van der Waals surface area contributed by atoms with Crippen LogP contribution in [0.15, 0.2) is 60.2 Å². The lowest BCUT2D eigenvalue weighted by atomic mass is 10.2. The lowest BCUT2D eigenvalue weighted by molar-refractivity contribution is -0.123. The van der Waals surface area contributed by atoms with E-state index in [1.54, 1.807) is 37.4 Å². The fraction of sp³-hybridized carbons (Fsp3) is 0.105. The van der Waals surface area contributed by atoms with Crippen LogP contribution in [-0.2, 0) is 4.79 Å². The van der Waals surface area contributed by atoms with Gasteiger partial charge in [-0.3, -0.25) is 14.5 Å². The summed E-state index contributed by atoms with van der Waals surface area (Å²) in [4.78, 5) is 37.1. The third kappa shape index (κ3) is 3.21. The fourth-order valence-electron chi connectivity index (χ4n) is 2.58. The van der Waals surface area contributed by atoms with E-state index in [0.29, 0.717) is 10.6 Å². The van der Waals surface area contributed by atoms with Gasteiger partial charge in [0.15, 0.2) is 0 Å². The van der Waals surface area contributed by atoms with Crippen LogP contribution in [0.4, 0.5) is 4.79 Å². The maximum atomic E-state index is 12.5. The van der Waals surface area contributed by atoms with Gasteiger partial charge in [-0.15, -0.1) is 6.58 Å². The van der Waals surface area contributed by atoms with E-state index >= 15 is 0 Å². The summed E-state index contributed by atoms with van der Waals surface area (Å²) >= 11 is 0.894. The summed E-state index contributed by atoms with van der Waals surface area (Å²) in [6, 6.07) is 9.66. The van der Waals surface area contributed by atoms with Crippen molar-refractivity contribution < 1.29 is 19.5 Å². The van der Waals surface area contributed by atoms with Gasteiger partial charge in [-0.2, -0.15) is 0 Å². The lowest BCUT2D eigenvalue weighted by Crippen LogP contribution is -2.35. The summed E-state index contributed by atoms with van der Waals surface area (Å²) in [7, 11) is 0. The molecule has 1 aromatic carbocycles. The number of amides is 2. The number of aromatic nitrogens is 1. The molecule has 6 nitrogen and oxygen atoms in total. The summed E-state index contributed by atoms with van der Waals surface area (Å²) in [5.41, 5.74) is 1.66.